The first kappa shape index (κ1) is 20.2. The minimum atomic E-state index is -0.738. The van der Waals surface area contributed by atoms with Crippen molar-refractivity contribution in [2.75, 3.05) is 11.5 Å². The molecule has 0 aromatic heterocycles. The Morgan fingerprint density at radius 1 is 1.25 bits per heavy atom. The molecule has 0 spiro atoms. The summed E-state index contributed by atoms with van der Waals surface area (Å²) in [4.78, 5) is 26.8. The maximum atomic E-state index is 13.5. The van der Waals surface area contributed by atoms with Crippen LogP contribution in [0.2, 0.25) is 10.0 Å². The van der Waals surface area contributed by atoms with Crippen molar-refractivity contribution in [3.05, 3.63) is 75.2 Å². The van der Waals surface area contributed by atoms with Gasteiger partial charge in [0.15, 0.2) is 0 Å². The second-order valence-corrected chi connectivity index (χ2v) is 6.93. The lowest BCUT2D eigenvalue weighted by Gasteiger charge is -2.35. The van der Waals surface area contributed by atoms with E-state index in [1.807, 2.05) is 0 Å². The molecule has 0 bridgehead atoms. The van der Waals surface area contributed by atoms with E-state index in [4.69, 9.17) is 27.9 Å². The van der Waals surface area contributed by atoms with Crippen LogP contribution in [0.4, 0.5) is 14.9 Å². The number of rotatable bonds is 4. The van der Waals surface area contributed by atoms with Gasteiger partial charge in [-0.05, 0) is 49.7 Å². The number of ether oxygens (including phenoxy) is 1. The molecular formula is C20H17Cl2FN2O3. The quantitative estimate of drug-likeness (QED) is 0.685. The molecule has 1 unspecified atom stereocenters. The largest absolute Gasteiger partial charge is 0.463 e. The summed E-state index contributed by atoms with van der Waals surface area (Å²) in [5, 5.41) is 3.14. The number of benzene rings is 2. The molecular weight excluding hydrogens is 406 g/mol. The average Bonchev–Trinajstić information content (AvgIpc) is 2.64. The van der Waals surface area contributed by atoms with Crippen molar-refractivity contribution in [2.24, 2.45) is 0 Å². The van der Waals surface area contributed by atoms with E-state index in [9.17, 15) is 14.0 Å². The van der Waals surface area contributed by atoms with Crippen molar-refractivity contribution < 1.29 is 18.7 Å². The lowest BCUT2D eigenvalue weighted by atomic mass is 9.94. The summed E-state index contributed by atoms with van der Waals surface area (Å²) in [5.41, 5.74) is 1.58. The van der Waals surface area contributed by atoms with Crippen molar-refractivity contribution in [3.63, 3.8) is 0 Å². The Hall–Kier alpha value is -2.57. The third kappa shape index (κ3) is 3.84. The Balaban J connectivity index is 2.15. The number of urea groups is 1. The third-order valence-corrected chi connectivity index (χ3v) is 4.85. The predicted octanol–water partition coefficient (Wildman–Crippen LogP) is 5.24. The Kier molecular flexibility index (Phi) is 5.91. The summed E-state index contributed by atoms with van der Waals surface area (Å²) in [5.74, 6) is -1.17. The van der Waals surface area contributed by atoms with Gasteiger partial charge in [0.25, 0.3) is 0 Å². The Labute approximate surface area is 171 Å². The molecule has 1 aliphatic rings. The van der Waals surface area contributed by atoms with Crippen LogP contribution in [0.5, 0.6) is 0 Å². The van der Waals surface area contributed by atoms with Gasteiger partial charge in [0.05, 0.1) is 28.9 Å². The number of amides is 2. The zero-order valence-corrected chi connectivity index (χ0v) is 16.6. The van der Waals surface area contributed by atoms with Crippen LogP contribution in [-0.4, -0.2) is 18.6 Å². The number of carbonyl (C=O) groups excluding carboxylic acids is 2. The van der Waals surface area contributed by atoms with Crippen LogP contribution in [0, 0.1) is 5.82 Å². The van der Waals surface area contributed by atoms with Gasteiger partial charge in [0.1, 0.15) is 5.82 Å². The molecule has 2 aromatic rings. The van der Waals surface area contributed by atoms with Crippen LogP contribution < -0.4 is 10.2 Å². The number of hydrogen-bond donors (Lipinski definition) is 1. The van der Waals surface area contributed by atoms with Gasteiger partial charge in [-0.1, -0.05) is 35.3 Å². The molecule has 0 fully saturated rings. The van der Waals surface area contributed by atoms with Gasteiger partial charge in [-0.2, -0.15) is 0 Å². The lowest BCUT2D eigenvalue weighted by molar-refractivity contribution is -0.139. The molecule has 0 aliphatic carbocycles. The first-order chi connectivity index (χ1) is 13.3. The fraction of sp³-hybridized carbons (Fsp3) is 0.200. The second kappa shape index (κ2) is 8.20. The second-order valence-electron chi connectivity index (χ2n) is 6.09. The molecule has 5 nitrogen and oxygen atoms in total. The summed E-state index contributed by atoms with van der Waals surface area (Å²) >= 11 is 11.9. The Morgan fingerprint density at radius 3 is 2.64 bits per heavy atom. The smallest absolute Gasteiger partial charge is 0.338 e. The SMILES string of the molecule is CCOC(=O)C1=C(C)N(c2ccc(F)c(Cl)c2)C(=O)NC1c1cccc(Cl)c1. The molecule has 0 radical (unpaired) electrons. The first-order valence-corrected chi connectivity index (χ1v) is 9.28. The van der Waals surface area contributed by atoms with E-state index in [1.54, 1.807) is 38.1 Å². The van der Waals surface area contributed by atoms with Crippen LogP contribution in [0.3, 0.4) is 0 Å². The number of hydrogen-bond acceptors (Lipinski definition) is 3. The highest BCUT2D eigenvalue weighted by Gasteiger charge is 2.37. The summed E-state index contributed by atoms with van der Waals surface area (Å²) in [7, 11) is 0. The van der Waals surface area contributed by atoms with Crippen LogP contribution in [-0.2, 0) is 9.53 Å². The van der Waals surface area contributed by atoms with Gasteiger partial charge in [0, 0.05) is 10.7 Å². The summed E-state index contributed by atoms with van der Waals surface area (Å²) in [6.07, 6.45) is 0. The van der Waals surface area contributed by atoms with Gasteiger partial charge in [0.2, 0.25) is 0 Å². The number of halogens is 3. The van der Waals surface area contributed by atoms with E-state index in [0.29, 0.717) is 22.0 Å². The zero-order chi connectivity index (χ0) is 20.4. The van der Waals surface area contributed by atoms with E-state index in [-0.39, 0.29) is 17.2 Å². The van der Waals surface area contributed by atoms with Gasteiger partial charge in [-0.25, -0.2) is 14.0 Å². The van der Waals surface area contributed by atoms with Crippen LogP contribution >= 0.6 is 23.2 Å². The number of nitrogens with zero attached hydrogens (tertiary/aromatic N) is 1. The highest BCUT2D eigenvalue weighted by Crippen LogP contribution is 2.35. The summed E-state index contributed by atoms with van der Waals surface area (Å²) < 4.78 is 18.7. The molecule has 8 heteroatoms. The molecule has 146 valence electrons. The molecule has 28 heavy (non-hydrogen) atoms. The van der Waals surface area contributed by atoms with Gasteiger partial charge in [-0.15, -0.1) is 0 Å². The first-order valence-electron chi connectivity index (χ1n) is 8.52. The van der Waals surface area contributed by atoms with Crippen molar-refractivity contribution >= 4 is 40.9 Å². The standard InChI is InChI=1S/C20H17Cl2FN2O3/c1-3-28-19(26)17-11(2)25(14-7-8-16(23)15(22)10-14)20(27)24-18(17)12-5-4-6-13(21)9-12/h4-10,18H,3H2,1-2H3,(H,24,27). The molecule has 2 aromatic carbocycles. The zero-order valence-electron chi connectivity index (χ0n) is 15.1. The van der Waals surface area contributed by atoms with Gasteiger partial charge < -0.3 is 10.1 Å². The van der Waals surface area contributed by atoms with Gasteiger partial charge >= 0.3 is 12.0 Å². The van der Waals surface area contributed by atoms with Crippen molar-refractivity contribution in [1.29, 1.82) is 0 Å². The van der Waals surface area contributed by atoms with E-state index >= 15 is 0 Å². The third-order valence-electron chi connectivity index (χ3n) is 4.32. The molecule has 1 atom stereocenters. The van der Waals surface area contributed by atoms with E-state index in [1.165, 1.54) is 17.0 Å². The lowest BCUT2D eigenvalue weighted by Crippen LogP contribution is -2.48. The average molecular weight is 423 g/mol. The normalized spacial score (nSPS) is 16.8. The predicted molar refractivity (Wildman–Crippen MR) is 106 cm³/mol. The number of carbonyl (C=O) groups is 2. The van der Waals surface area contributed by atoms with Crippen molar-refractivity contribution in [3.8, 4) is 0 Å². The van der Waals surface area contributed by atoms with Crippen molar-refractivity contribution in [1.82, 2.24) is 5.32 Å². The Bertz CT molecular complexity index is 978. The molecule has 0 saturated carbocycles. The maximum absolute atomic E-state index is 13.5. The number of anilines is 1. The fourth-order valence-electron chi connectivity index (χ4n) is 3.09. The highest BCUT2D eigenvalue weighted by molar-refractivity contribution is 6.31. The van der Waals surface area contributed by atoms with Crippen molar-refractivity contribution in [2.45, 2.75) is 19.9 Å². The van der Waals surface area contributed by atoms with E-state index in [2.05, 4.69) is 5.32 Å². The molecule has 1 heterocycles. The molecule has 0 saturated heterocycles. The Morgan fingerprint density at radius 2 is 2.00 bits per heavy atom. The maximum Gasteiger partial charge on any atom is 0.338 e. The van der Waals surface area contributed by atoms with Gasteiger partial charge in [-0.3, -0.25) is 4.90 Å². The molecule has 2 amide bonds. The topological polar surface area (TPSA) is 58.6 Å². The molecule has 1 aliphatic heterocycles. The van der Waals surface area contributed by atoms with Crippen LogP contribution in [0.1, 0.15) is 25.5 Å². The highest BCUT2D eigenvalue weighted by atomic mass is 35.5. The van der Waals surface area contributed by atoms with E-state index in [0.717, 1.165) is 6.07 Å². The fourth-order valence-corrected chi connectivity index (χ4v) is 3.46. The number of allylic oxidation sites excluding steroid dienone is 1. The van der Waals surface area contributed by atoms with Crippen LogP contribution in [0.15, 0.2) is 53.7 Å². The number of nitrogens with one attached hydrogen (secondary N) is 1. The summed E-state index contributed by atoms with van der Waals surface area (Å²) in [6, 6.07) is 9.52. The molecule has 3 rings (SSSR count). The molecule has 1 N–H and O–H groups in total. The summed E-state index contributed by atoms with van der Waals surface area (Å²) in [6.45, 7) is 3.50. The van der Waals surface area contributed by atoms with E-state index < -0.39 is 23.9 Å². The minimum Gasteiger partial charge on any atom is -0.463 e. The van der Waals surface area contributed by atoms with Crippen LogP contribution in [0.25, 0.3) is 0 Å². The minimum absolute atomic E-state index is 0.132. The monoisotopic (exact) mass is 422 g/mol. The number of esters is 1.